The molecule has 0 aliphatic carbocycles. The molecule has 1 N–H and O–H groups in total. The van der Waals surface area contributed by atoms with E-state index >= 15 is 0 Å². The molecule has 1 aliphatic rings. The van der Waals surface area contributed by atoms with Gasteiger partial charge in [0.05, 0.1) is 20.8 Å². The predicted molar refractivity (Wildman–Crippen MR) is 88.1 cm³/mol. The first kappa shape index (κ1) is 16.3. The number of rotatable bonds is 7. The van der Waals surface area contributed by atoms with E-state index in [2.05, 4.69) is 20.1 Å². The maximum atomic E-state index is 12.1. The maximum Gasteiger partial charge on any atom is 0.220 e. The maximum absolute atomic E-state index is 12.1. The van der Waals surface area contributed by atoms with Crippen LogP contribution in [-0.2, 0) is 30.7 Å². The number of carbonyl (C=O) groups excluding carboxylic acids is 1. The Kier molecular flexibility index (Phi) is 4.98. The third-order valence-corrected chi connectivity index (χ3v) is 4.18. The topological polar surface area (TPSA) is 78.3 Å². The third-order valence-electron chi connectivity index (χ3n) is 4.18. The number of amides is 1. The summed E-state index contributed by atoms with van der Waals surface area (Å²) in [4.78, 5) is 12.1. The molecule has 3 rings (SSSR count). The number of hydrogen-bond donors (Lipinski definition) is 1. The Morgan fingerprint density at radius 3 is 2.67 bits per heavy atom. The monoisotopic (exact) mass is 330 g/mol. The van der Waals surface area contributed by atoms with Gasteiger partial charge in [-0.05, 0) is 30.5 Å². The van der Waals surface area contributed by atoms with Gasteiger partial charge >= 0.3 is 0 Å². The number of aromatic nitrogens is 3. The first-order valence-corrected chi connectivity index (χ1v) is 8.09. The Labute approximate surface area is 141 Å². The molecule has 0 atom stereocenters. The fourth-order valence-corrected chi connectivity index (χ4v) is 2.88. The van der Waals surface area contributed by atoms with E-state index in [1.165, 1.54) is 0 Å². The van der Waals surface area contributed by atoms with Crippen molar-refractivity contribution in [1.82, 2.24) is 20.1 Å². The third kappa shape index (κ3) is 3.67. The Morgan fingerprint density at radius 1 is 1.21 bits per heavy atom. The van der Waals surface area contributed by atoms with E-state index in [4.69, 9.17) is 9.47 Å². The number of carbonyl (C=O) groups is 1. The lowest BCUT2D eigenvalue weighted by molar-refractivity contribution is -0.121. The lowest BCUT2D eigenvalue weighted by Gasteiger charge is -2.09. The first-order chi connectivity index (χ1) is 11.7. The molecule has 7 heteroatoms. The minimum atomic E-state index is -0.00728. The molecular formula is C17H22N4O3. The van der Waals surface area contributed by atoms with Crippen LogP contribution < -0.4 is 14.8 Å². The molecule has 0 unspecified atom stereocenters. The summed E-state index contributed by atoms with van der Waals surface area (Å²) in [6, 6.07) is 5.65. The number of benzene rings is 1. The summed E-state index contributed by atoms with van der Waals surface area (Å²) in [7, 11) is 3.23. The smallest absolute Gasteiger partial charge is 0.220 e. The van der Waals surface area contributed by atoms with Gasteiger partial charge in [0, 0.05) is 25.5 Å². The first-order valence-electron chi connectivity index (χ1n) is 8.09. The van der Waals surface area contributed by atoms with Crippen LogP contribution in [0, 0.1) is 0 Å². The highest BCUT2D eigenvalue weighted by Gasteiger charge is 2.17. The van der Waals surface area contributed by atoms with Crippen LogP contribution in [-0.4, -0.2) is 34.9 Å². The molecule has 0 spiro atoms. The molecule has 1 aliphatic heterocycles. The summed E-state index contributed by atoms with van der Waals surface area (Å²) in [5, 5.41) is 11.2. The second-order valence-corrected chi connectivity index (χ2v) is 5.79. The highest BCUT2D eigenvalue weighted by molar-refractivity contribution is 5.76. The number of nitrogens with zero attached hydrogens (tertiary/aromatic N) is 3. The van der Waals surface area contributed by atoms with Crippen molar-refractivity contribution >= 4 is 5.91 Å². The lowest BCUT2D eigenvalue weighted by atomic mass is 10.1. The molecule has 0 bridgehead atoms. The number of fused-ring (bicyclic) bond motifs is 1. The summed E-state index contributed by atoms with van der Waals surface area (Å²) in [6.07, 6.45) is 3.09. The molecule has 1 amide bonds. The molecule has 24 heavy (non-hydrogen) atoms. The van der Waals surface area contributed by atoms with E-state index in [9.17, 15) is 4.79 Å². The van der Waals surface area contributed by atoms with Gasteiger partial charge in [0.1, 0.15) is 17.3 Å². The van der Waals surface area contributed by atoms with Crippen molar-refractivity contribution in [3.63, 3.8) is 0 Å². The fraction of sp³-hybridized carbons (Fsp3) is 0.471. The number of aryl methyl sites for hydroxylation is 2. The van der Waals surface area contributed by atoms with Crippen molar-refractivity contribution in [3.8, 4) is 11.5 Å². The zero-order valence-corrected chi connectivity index (χ0v) is 14.0. The zero-order chi connectivity index (χ0) is 16.9. The van der Waals surface area contributed by atoms with E-state index in [0.717, 1.165) is 48.1 Å². The van der Waals surface area contributed by atoms with Gasteiger partial charge in [-0.3, -0.25) is 4.79 Å². The summed E-state index contributed by atoms with van der Waals surface area (Å²) in [5.74, 6) is 3.29. The average molecular weight is 330 g/mol. The van der Waals surface area contributed by atoms with Crippen LogP contribution in [0.25, 0.3) is 0 Å². The Hall–Kier alpha value is -2.57. The zero-order valence-electron chi connectivity index (χ0n) is 14.0. The molecule has 7 nitrogen and oxygen atoms in total. The van der Waals surface area contributed by atoms with E-state index in [-0.39, 0.29) is 5.91 Å². The summed E-state index contributed by atoms with van der Waals surface area (Å²) >= 11 is 0. The molecule has 2 aromatic rings. The van der Waals surface area contributed by atoms with Crippen molar-refractivity contribution in [2.24, 2.45) is 0 Å². The van der Waals surface area contributed by atoms with Gasteiger partial charge in [0.15, 0.2) is 5.82 Å². The standard InChI is InChI=1S/C17H22N4O3/c1-23-13-8-12(9-14(10-13)24-2)5-6-17(22)18-11-16-20-19-15-4-3-7-21(15)16/h8-10H,3-7,11H2,1-2H3,(H,18,22). The molecule has 128 valence electrons. The van der Waals surface area contributed by atoms with Gasteiger partial charge in [-0.2, -0.15) is 0 Å². The van der Waals surface area contributed by atoms with Crippen molar-refractivity contribution < 1.29 is 14.3 Å². The second-order valence-electron chi connectivity index (χ2n) is 5.79. The summed E-state index contributed by atoms with van der Waals surface area (Å²) in [5.41, 5.74) is 1.00. The van der Waals surface area contributed by atoms with E-state index in [1.54, 1.807) is 14.2 Å². The van der Waals surface area contributed by atoms with Crippen molar-refractivity contribution in [2.75, 3.05) is 14.2 Å². The summed E-state index contributed by atoms with van der Waals surface area (Å²) in [6.45, 7) is 1.37. The second kappa shape index (κ2) is 7.33. The Bertz CT molecular complexity index is 704. The van der Waals surface area contributed by atoms with Crippen molar-refractivity contribution in [2.45, 2.75) is 38.8 Å². The highest BCUT2D eigenvalue weighted by Crippen LogP contribution is 2.23. The molecule has 0 fully saturated rings. The van der Waals surface area contributed by atoms with Gasteiger partial charge < -0.3 is 19.4 Å². The lowest BCUT2D eigenvalue weighted by Crippen LogP contribution is -2.24. The molecule has 1 aromatic heterocycles. The molecule has 1 aromatic carbocycles. The van der Waals surface area contributed by atoms with Crippen LogP contribution in [0.4, 0.5) is 0 Å². The largest absolute Gasteiger partial charge is 0.497 e. The van der Waals surface area contributed by atoms with Crippen LogP contribution in [0.1, 0.15) is 30.1 Å². The molecule has 2 heterocycles. The fourth-order valence-electron chi connectivity index (χ4n) is 2.88. The highest BCUT2D eigenvalue weighted by atomic mass is 16.5. The summed E-state index contributed by atoms with van der Waals surface area (Å²) < 4.78 is 12.6. The molecule has 0 saturated carbocycles. The Balaban J connectivity index is 1.52. The number of nitrogens with one attached hydrogen (secondary N) is 1. The van der Waals surface area contributed by atoms with Gasteiger partial charge in [-0.1, -0.05) is 0 Å². The minimum absolute atomic E-state index is 0.00728. The average Bonchev–Trinajstić information content (AvgIpc) is 3.21. The van der Waals surface area contributed by atoms with Gasteiger partial charge in [-0.15, -0.1) is 10.2 Å². The minimum Gasteiger partial charge on any atom is -0.497 e. The quantitative estimate of drug-likeness (QED) is 0.832. The van der Waals surface area contributed by atoms with Crippen LogP contribution in [0.3, 0.4) is 0 Å². The molecule has 0 radical (unpaired) electrons. The van der Waals surface area contributed by atoms with E-state index in [0.29, 0.717) is 19.4 Å². The molecule has 0 saturated heterocycles. The van der Waals surface area contributed by atoms with Crippen LogP contribution in [0.2, 0.25) is 0 Å². The van der Waals surface area contributed by atoms with Crippen LogP contribution in [0.15, 0.2) is 18.2 Å². The van der Waals surface area contributed by atoms with E-state index in [1.807, 2.05) is 18.2 Å². The molecular weight excluding hydrogens is 308 g/mol. The van der Waals surface area contributed by atoms with Crippen LogP contribution in [0.5, 0.6) is 11.5 Å². The van der Waals surface area contributed by atoms with Gasteiger partial charge in [0.2, 0.25) is 5.91 Å². The predicted octanol–water partition coefficient (Wildman–Crippen LogP) is 1.49. The number of methoxy groups -OCH3 is 2. The van der Waals surface area contributed by atoms with E-state index < -0.39 is 0 Å². The normalized spacial score (nSPS) is 12.8. The van der Waals surface area contributed by atoms with Gasteiger partial charge in [0.25, 0.3) is 0 Å². The number of ether oxygens (including phenoxy) is 2. The Morgan fingerprint density at radius 2 is 1.96 bits per heavy atom. The van der Waals surface area contributed by atoms with Crippen molar-refractivity contribution in [1.29, 1.82) is 0 Å². The number of hydrogen-bond acceptors (Lipinski definition) is 5. The SMILES string of the molecule is COc1cc(CCC(=O)NCc2nnc3n2CCC3)cc(OC)c1. The van der Waals surface area contributed by atoms with Gasteiger partial charge in [-0.25, -0.2) is 0 Å². The van der Waals surface area contributed by atoms with Crippen molar-refractivity contribution in [3.05, 3.63) is 35.4 Å². The van der Waals surface area contributed by atoms with Crippen LogP contribution >= 0.6 is 0 Å².